The smallest absolute Gasteiger partial charge is 0.106 e. The SMILES string of the molecule is C=C(OC)C1Cc2c([nH]c3ccccc23)C(c2ccccc2)N1. The first-order chi connectivity index (χ1) is 11.3. The molecule has 0 aliphatic carbocycles. The van der Waals surface area contributed by atoms with Gasteiger partial charge in [0.25, 0.3) is 0 Å². The number of aromatic amines is 1. The van der Waals surface area contributed by atoms with Crippen molar-refractivity contribution in [2.24, 2.45) is 0 Å². The topological polar surface area (TPSA) is 37.0 Å². The summed E-state index contributed by atoms with van der Waals surface area (Å²) in [6.07, 6.45) is 0.884. The van der Waals surface area contributed by atoms with Crippen molar-refractivity contribution in [1.82, 2.24) is 10.3 Å². The van der Waals surface area contributed by atoms with Crippen molar-refractivity contribution in [1.29, 1.82) is 0 Å². The quantitative estimate of drug-likeness (QED) is 0.719. The first-order valence-corrected chi connectivity index (χ1v) is 7.91. The lowest BCUT2D eigenvalue weighted by molar-refractivity contribution is 0.242. The number of H-pyrrole nitrogens is 1. The summed E-state index contributed by atoms with van der Waals surface area (Å²) in [7, 11) is 1.69. The Hall–Kier alpha value is -2.52. The fraction of sp³-hybridized carbons (Fsp3) is 0.200. The Morgan fingerprint density at radius 3 is 2.61 bits per heavy atom. The van der Waals surface area contributed by atoms with Crippen molar-refractivity contribution < 1.29 is 4.74 Å². The standard InChI is InChI=1S/C20H20N2O/c1-13(23-2)18-12-16-15-10-6-7-11-17(15)21-20(16)19(22-18)14-8-4-3-5-9-14/h3-11,18-19,21-22H,1,12H2,2H3. The van der Waals surface area contributed by atoms with Gasteiger partial charge in [0.1, 0.15) is 5.76 Å². The molecule has 0 bridgehead atoms. The Morgan fingerprint density at radius 1 is 1.09 bits per heavy atom. The Morgan fingerprint density at radius 2 is 1.83 bits per heavy atom. The van der Waals surface area contributed by atoms with Crippen molar-refractivity contribution in [3.05, 3.63) is 83.8 Å². The van der Waals surface area contributed by atoms with Gasteiger partial charge in [-0.25, -0.2) is 0 Å². The monoisotopic (exact) mass is 304 g/mol. The second kappa shape index (κ2) is 5.60. The predicted octanol–water partition coefficient (Wildman–Crippen LogP) is 3.93. The molecule has 0 saturated heterocycles. The van der Waals surface area contributed by atoms with Crippen LogP contribution in [0, 0.1) is 0 Å². The summed E-state index contributed by atoms with van der Waals surface area (Å²) in [6, 6.07) is 19.2. The number of ether oxygens (including phenoxy) is 1. The molecule has 23 heavy (non-hydrogen) atoms. The molecule has 3 aromatic rings. The average Bonchev–Trinajstić information content (AvgIpc) is 2.99. The van der Waals surface area contributed by atoms with Crippen molar-refractivity contribution in [3.63, 3.8) is 0 Å². The van der Waals surface area contributed by atoms with Gasteiger partial charge in [-0.1, -0.05) is 55.1 Å². The van der Waals surface area contributed by atoms with Crippen LogP contribution < -0.4 is 5.32 Å². The molecule has 2 atom stereocenters. The van der Waals surface area contributed by atoms with Gasteiger partial charge < -0.3 is 9.72 Å². The number of nitrogens with one attached hydrogen (secondary N) is 2. The van der Waals surface area contributed by atoms with Gasteiger partial charge in [0.2, 0.25) is 0 Å². The summed E-state index contributed by atoms with van der Waals surface area (Å²) in [5, 5.41) is 4.97. The normalized spacial score (nSPS) is 20.2. The van der Waals surface area contributed by atoms with Crippen molar-refractivity contribution in [2.75, 3.05) is 7.11 Å². The molecule has 4 rings (SSSR count). The lowest BCUT2D eigenvalue weighted by Gasteiger charge is -2.32. The number of aromatic nitrogens is 1. The maximum Gasteiger partial charge on any atom is 0.106 e. The Balaban J connectivity index is 1.88. The minimum atomic E-state index is 0.108. The van der Waals surface area contributed by atoms with E-state index in [1.807, 2.05) is 6.07 Å². The lowest BCUT2D eigenvalue weighted by Crippen LogP contribution is -2.41. The summed E-state index contributed by atoms with van der Waals surface area (Å²) in [4.78, 5) is 3.61. The van der Waals surface area contributed by atoms with Gasteiger partial charge in [-0.2, -0.15) is 0 Å². The zero-order chi connectivity index (χ0) is 15.8. The zero-order valence-corrected chi connectivity index (χ0v) is 13.2. The molecule has 0 spiro atoms. The van der Waals surface area contributed by atoms with Gasteiger partial charge in [-0.05, 0) is 23.6 Å². The lowest BCUT2D eigenvalue weighted by atomic mass is 9.90. The fourth-order valence-electron chi connectivity index (χ4n) is 3.49. The molecular formula is C20H20N2O. The van der Waals surface area contributed by atoms with Crippen molar-refractivity contribution in [3.8, 4) is 0 Å². The molecule has 116 valence electrons. The Bertz CT molecular complexity index is 850. The molecule has 0 fully saturated rings. The van der Waals surface area contributed by atoms with Crippen LogP contribution in [0.25, 0.3) is 10.9 Å². The molecule has 2 N–H and O–H groups in total. The summed E-state index contributed by atoms with van der Waals surface area (Å²) in [5.74, 6) is 0.780. The van der Waals surface area contributed by atoms with E-state index < -0.39 is 0 Å². The summed E-state index contributed by atoms with van der Waals surface area (Å²) in [6.45, 7) is 4.07. The number of para-hydroxylation sites is 1. The molecule has 1 aromatic heterocycles. The van der Waals surface area contributed by atoms with E-state index in [2.05, 4.69) is 65.4 Å². The summed E-state index contributed by atoms with van der Waals surface area (Å²) in [5.41, 5.74) is 5.03. The fourth-order valence-corrected chi connectivity index (χ4v) is 3.49. The number of rotatable bonds is 3. The van der Waals surface area contributed by atoms with Crippen LogP contribution in [0.4, 0.5) is 0 Å². The number of methoxy groups -OCH3 is 1. The van der Waals surface area contributed by atoms with Crippen LogP contribution in [0.2, 0.25) is 0 Å². The van der Waals surface area contributed by atoms with E-state index in [1.165, 1.54) is 27.7 Å². The van der Waals surface area contributed by atoms with Gasteiger partial charge in [0.15, 0.2) is 0 Å². The highest BCUT2D eigenvalue weighted by molar-refractivity contribution is 5.85. The molecule has 1 aliphatic heterocycles. The van der Waals surface area contributed by atoms with Gasteiger partial charge in [-0.15, -0.1) is 0 Å². The van der Waals surface area contributed by atoms with Gasteiger partial charge in [0, 0.05) is 16.6 Å². The Labute approximate surface area is 136 Å². The van der Waals surface area contributed by atoms with Crippen LogP contribution in [0.3, 0.4) is 0 Å². The zero-order valence-electron chi connectivity index (χ0n) is 13.2. The Kier molecular flexibility index (Phi) is 3.43. The minimum Gasteiger partial charge on any atom is -0.500 e. The van der Waals surface area contributed by atoms with Crippen LogP contribution in [0.15, 0.2) is 66.9 Å². The van der Waals surface area contributed by atoms with Gasteiger partial charge >= 0.3 is 0 Å². The minimum absolute atomic E-state index is 0.108. The van der Waals surface area contributed by atoms with Crippen LogP contribution in [0.1, 0.15) is 22.9 Å². The maximum atomic E-state index is 5.41. The van der Waals surface area contributed by atoms with Crippen molar-refractivity contribution >= 4 is 10.9 Å². The van der Waals surface area contributed by atoms with E-state index in [9.17, 15) is 0 Å². The first kappa shape index (κ1) is 14.1. The highest BCUT2D eigenvalue weighted by Crippen LogP contribution is 2.36. The number of fused-ring (bicyclic) bond motifs is 3. The van der Waals surface area contributed by atoms with E-state index >= 15 is 0 Å². The van der Waals surface area contributed by atoms with Crippen LogP contribution >= 0.6 is 0 Å². The molecule has 0 radical (unpaired) electrons. The number of hydrogen-bond donors (Lipinski definition) is 2. The third-order valence-corrected chi connectivity index (χ3v) is 4.70. The van der Waals surface area contributed by atoms with Gasteiger partial charge in [-0.3, -0.25) is 5.32 Å². The maximum absolute atomic E-state index is 5.41. The number of benzene rings is 2. The highest BCUT2D eigenvalue weighted by Gasteiger charge is 2.31. The molecular weight excluding hydrogens is 284 g/mol. The van der Waals surface area contributed by atoms with Gasteiger partial charge in [0.05, 0.1) is 19.2 Å². The largest absolute Gasteiger partial charge is 0.500 e. The second-order valence-electron chi connectivity index (χ2n) is 6.00. The van der Waals surface area contributed by atoms with Crippen LogP contribution in [-0.2, 0) is 11.2 Å². The van der Waals surface area contributed by atoms with Crippen molar-refractivity contribution in [2.45, 2.75) is 18.5 Å². The molecule has 2 aromatic carbocycles. The second-order valence-corrected chi connectivity index (χ2v) is 6.00. The summed E-state index contributed by atoms with van der Waals surface area (Å²) < 4.78 is 5.41. The van der Waals surface area contributed by atoms with E-state index in [-0.39, 0.29) is 12.1 Å². The molecule has 3 heteroatoms. The average molecular weight is 304 g/mol. The molecule has 2 heterocycles. The van der Waals surface area contributed by atoms with Crippen LogP contribution in [0.5, 0.6) is 0 Å². The van der Waals surface area contributed by atoms with E-state index in [0.29, 0.717) is 0 Å². The van der Waals surface area contributed by atoms with E-state index in [4.69, 9.17) is 4.74 Å². The third kappa shape index (κ3) is 2.34. The first-order valence-electron chi connectivity index (χ1n) is 7.91. The molecule has 3 nitrogen and oxygen atoms in total. The molecule has 2 unspecified atom stereocenters. The predicted molar refractivity (Wildman–Crippen MR) is 93.4 cm³/mol. The molecule has 0 amide bonds. The van der Waals surface area contributed by atoms with E-state index in [1.54, 1.807) is 7.11 Å². The summed E-state index contributed by atoms with van der Waals surface area (Å²) >= 11 is 0. The number of hydrogen-bond acceptors (Lipinski definition) is 2. The van der Waals surface area contributed by atoms with E-state index in [0.717, 1.165) is 12.2 Å². The van der Waals surface area contributed by atoms with Crippen LogP contribution in [-0.4, -0.2) is 18.1 Å². The highest BCUT2D eigenvalue weighted by atomic mass is 16.5. The molecule has 0 saturated carbocycles. The third-order valence-electron chi connectivity index (χ3n) is 4.70. The molecule has 1 aliphatic rings.